The summed E-state index contributed by atoms with van der Waals surface area (Å²) in [6.07, 6.45) is 5.22. The molecule has 0 spiro atoms. The number of hydrogen-bond donors (Lipinski definition) is 1. The van der Waals surface area contributed by atoms with Crippen molar-refractivity contribution < 1.29 is 4.74 Å². The molecule has 2 heteroatoms. The fourth-order valence-electron chi connectivity index (χ4n) is 2.35. The van der Waals surface area contributed by atoms with Crippen LogP contribution in [0.1, 0.15) is 45.6 Å². The molecule has 106 valence electrons. The van der Waals surface area contributed by atoms with Crippen molar-refractivity contribution in [3.63, 3.8) is 0 Å². The van der Waals surface area contributed by atoms with Crippen molar-refractivity contribution in [3.8, 4) is 5.75 Å². The van der Waals surface area contributed by atoms with E-state index in [1.807, 2.05) is 12.1 Å². The van der Waals surface area contributed by atoms with Crippen molar-refractivity contribution in [3.05, 3.63) is 42.5 Å². The molecule has 0 heterocycles. The molecule has 1 aromatic rings. The molecule has 1 aromatic carbocycles. The van der Waals surface area contributed by atoms with Crippen molar-refractivity contribution in [2.24, 2.45) is 0 Å². The fourth-order valence-corrected chi connectivity index (χ4v) is 2.35. The first-order valence-corrected chi connectivity index (χ1v) is 7.28. The van der Waals surface area contributed by atoms with Crippen molar-refractivity contribution in [1.29, 1.82) is 0 Å². The largest absolute Gasteiger partial charge is 0.489 e. The zero-order valence-electron chi connectivity index (χ0n) is 12.5. The molecule has 0 aliphatic heterocycles. The maximum Gasteiger partial charge on any atom is 0.124 e. The van der Waals surface area contributed by atoms with E-state index >= 15 is 0 Å². The lowest BCUT2D eigenvalue weighted by molar-refractivity contribution is 0.284. The summed E-state index contributed by atoms with van der Waals surface area (Å²) in [6.45, 7) is 11.8. The Morgan fingerprint density at radius 2 is 1.79 bits per heavy atom. The molecule has 0 atom stereocenters. The molecule has 0 radical (unpaired) electrons. The van der Waals surface area contributed by atoms with Gasteiger partial charge in [0, 0.05) is 17.6 Å². The highest BCUT2D eigenvalue weighted by molar-refractivity contribution is 5.33. The van der Waals surface area contributed by atoms with Gasteiger partial charge in [0.15, 0.2) is 0 Å². The quantitative estimate of drug-likeness (QED) is 0.669. The second kappa shape index (κ2) is 8.00. The SMILES string of the molecule is C=CCOc1ccccc1CNC(CC)(CC)CC. The van der Waals surface area contributed by atoms with E-state index in [-0.39, 0.29) is 5.54 Å². The molecule has 0 bridgehead atoms. The molecule has 0 aliphatic carbocycles. The lowest BCUT2D eigenvalue weighted by atomic mass is 9.89. The third-order valence-electron chi connectivity index (χ3n) is 4.01. The van der Waals surface area contributed by atoms with Crippen molar-refractivity contribution in [2.75, 3.05) is 6.61 Å². The molecule has 0 fully saturated rings. The van der Waals surface area contributed by atoms with Gasteiger partial charge in [-0.05, 0) is 25.3 Å². The third kappa shape index (κ3) is 4.39. The Labute approximate surface area is 117 Å². The monoisotopic (exact) mass is 261 g/mol. The summed E-state index contributed by atoms with van der Waals surface area (Å²) in [5.74, 6) is 0.951. The number of para-hydroxylation sites is 1. The molecule has 1 rings (SSSR count). The number of rotatable bonds is 9. The van der Waals surface area contributed by atoms with Crippen LogP contribution in [0.25, 0.3) is 0 Å². The van der Waals surface area contributed by atoms with Crippen LogP contribution in [-0.2, 0) is 6.54 Å². The van der Waals surface area contributed by atoms with Crippen LogP contribution in [0.2, 0.25) is 0 Å². The van der Waals surface area contributed by atoms with Crippen molar-refractivity contribution in [1.82, 2.24) is 5.32 Å². The molecule has 19 heavy (non-hydrogen) atoms. The summed E-state index contributed by atoms with van der Waals surface area (Å²) in [6, 6.07) is 8.21. The highest BCUT2D eigenvalue weighted by Gasteiger charge is 2.22. The van der Waals surface area contributed by atoms with E-state index in [0.29, 0.717) is 6.61 Å². The first-order valence-electron chi connectivity index (χ1n) is 7.28. The molecule has 2 nitrogen and oxygen atoms in total. The van der Waals surface area contributed by atoms with Crippen molar-refractivity contribution in [2.45, 2.75) is 52.1 Å². The zero-order chi connectivity index (χ0) is 14.1. The van der Waals surface area contributed by atoms with Crippen LogP contribution in [-0.4, -0.2) is 12.1 Å². The van der Waals surface area contributed by atoms with E-state index in [0.717, 1.165) is 31.6 Å². The minimum Gasteiger partial charge on any atom is -0.489 e. The Hall–Kier alpha value is -1.28. The molecular formula is C17H27NO. The summed E-state index contributed by atoms with van der Waals surface area (Å²) < 4.78 is 5.69. The molecule has 0 aliphatic rings. The van der Waals surface area contributed by atoms with Crippen LogP contribution in [0, 0.1) is 0 Å². The van der Waals surface area contributed by atoms with Gasteiger partial charge in [0.05, 0.1) is 0 Å². The summed E-state index contributed by atoms with van der Waals surface area (Å²) in [5.41, 5.74) is 1.45. The van der Waals surface area contributed by atoms with E-state index in [1.165, 1.54) is 5.56 Å². The van der Waals surface area contributed by atoms with E-state index in [9.17, 15) is 0 Å². The van der Waals surface area contributed by atoms with Crippen LogP contribution in [0.5, 0.6) is 5.75 Å². The summed E-state index contributed by atoms with van der Waals surface area (Å²) in [4.78, 5) is 0. The third-order valence-corrected chi connectivity index (χ3v) is 4.01. The lowest BCUT2D eigenvalue weighted by Gasteiger charge is -2.32. The van der Waals surface area contributed by atoms with Gasteiger partial charge in [0.1, 0.15) is 12.4 Å². The topological polar surface area (TPSA) is 21.3 Å². The number of hydrogen-bond acceptors (Lipinski definition) is 2. The van der Waals surface area contributed by atoms with Crippen molar-refractivity contribution >= 4 is 0 Å². The zero-order valence-corrected chi connectivity index (χ0v) is 12.5. The molecule has 0 amide bonds. The Morgan fingerprint density at radius 3 is 2.37 bits per heavy atom. The first-order chi connectivity index (χ1) is 9.21. The van der Waals surface area contributed by atoms with Gasteiger partial charge < -0.3 is 10.1 Å². The van der Waals surface area contributed by atoms with Gasteiger partial charge in [0.25, 0.3) is 0 Å². The highest BCUT2D eigenvalue weighted by Crippen LogP contribution is 2.23. The number of ether oxygens (including phenoxy) is 1. The van der Waals surface area contributed by atoms with Gasteiger partial charge in [-0.2, -0.15) is 0 Å². The first kappa shape index (κ1) is 15.8. The van der Waals surface area contributed by atoms with E-state index in [2.05, 4.69) is 44.8 Å². The van der Waals surface area contributed by atoms with Crippen LogP contribution < -0.4 is 10.1 Å². The minimum atomic E-state index is 0.242. The lowest BCUT2D eigenvalue weighted by Crippen LogP contribution is -2.43. The molecule has 0 unspecified atom stereocenters. The molecular weight excluding hydrogens is 234 g/mol. The van der Waals surface area contributed by atoms with Crippen LogP contribution in [0.3, 0.4) is 0 Å². The molecule has 0 saturated carbocycles. The predicted octanol–water partition coefficient (Wildman–Crippen LogP) is 4.31. The van der Waals surface area contributed by atoms with Gasteiger partial charge in [-0.15, -0.1) is 0 Å². The maximum absolute atomic E-state index is 5.69. The average Bonchev–Trinajstić information content (AvgIpc) is 2.48. The van der Waals surface area contributed by atoms with Crippen LogP contribution in [0.15, 0.2) is 36.9 Å². The van der Waals surface area contributed by atoms with E-state index in [4.69, 9.17) is 4.74 Å². The molecule has 0 aromatic heterocycles. The van der Waals surface area contributed by atoms with Gasteiger partial charge in [0.2, 0.25) is 0 Å². The van der Waals surface area contributed by atoms with Crippen LogP contribution >= 0.6 is 0 Å². The average molecular weight is 261 g/mol. The Bertz CT molecular complexity index is 374. The van der Waals surface area contributed by atoms with Gasteiger partial charge >= 0.3 is 0 Å². The standard InChI is InChI=1S/C17H27NO/c1-5-13-19-16-12-10-9-11-15(16)14-18-17(6-2,7-3)8-4/h5,9-12,18H,1,6-8,13-14H2,2-4H3. The molecule has 1 N–H and O–H groups in total. The maximum atomic E-state index is 5.69. The van der Waals surface area contributed by atoms with Gasteiger partial charge in [-0.25, -0.2) is 0 Å². The summed E-state index contributed by atoms with van der Waals surface area (Å²) in [5, 5.41) is 3.71. The predicted molar refractivity (Wildman–Crippen MR) is 82.6 cm³/mol. The number of benzene rings is 1. The smallest absolute Gasteiger partial charge is 0.124 e. The minimum absolute atomic E-state index is 0.242. The van der Waals surface area contributed by atoms with Gasteiger partial charge in [-0.1, -0.05) is 51.6 Å². The van der Waals surface area contributed by atoms with E-state index < -0.39 is 0 Å². The Morgan fingerprint density at radius 1 is 1.16 bits per heavy atom. The highest BCUT2D eigenvalue weighted by atomic mass is 16.5. The number of nitrogens with one attached hydrogen (secondary N) is 1. The Balaban J connectivity index is 2.73. The molecule has 0 saturated heterocycles. The second-order valence-electron chi connectivity index (χ2n) is 4.90. The van der Waals surface area contributed by atoms with Crippen LogP contribution in [0.4, 0.5) is 0 Å². The normalized spacial score (nSPS) is 11.3. The fraction of sp³-hybridized carbons (Fsp3) is 0.529. The Kier molecular flexibility index (Phi) is 6.65. The summed E-state index contributed by atoms with van der Waals surface area (Å²) >= 11 is 0. The summed E-state index contributed by atoms with van der Waals surface area (Å²) in [7, 11) is 0. The van der Waals surface area contributed by atoms with Gasteiger partial charge in [-0.3, -0.25) is 0 Å². The van der Waals surface area contributed by atoms with E-state index in [1.54, 1.807) is 6.08 Å². The second-order valence-corrected chi connectivity index (χ2v) is 4.90.